The molecule has 0 aromatic rings. The van der Waals surface area contributed by atoms with Gasteiger partial charge in [0.1, 0.15) is 0 Å². The molecule has 0 aromatic carbocycles. The monoisotopic (exact) mass is 297 g/mol. The minimum Gasteiger partial charge on any atom is -0.453 e. The summed E-state index contributed by atoms with van der Waals surface area (Å²) in [5.74, 6) is 0.191. The number of carbonyl (C=O) groups excluding carboxylic acids is 2. The zero-order chi connectivity index (χ0) is 15.3. The Morgan fingerprint density at radius 3 is 2.00 bits per heavy atom. The molecule has 1 heterocycles. The molecule has 0 spiro atoms. The van der Waals surface area contributed by atoms with Gasteiger partial charge < -0.3 is 20.3 Å². The van der Waals surface area contributed by atoms with E-state index < -0.39 is 0 Å². The molecule has 0 aromatic heterocycles. The number of rotatable bonds is 2. The molecule has 2 N–H and O–H groups in total. The minimum absolute atomic E-state index is 0.191. The third kappa shape index (κ3) is 3.48. The molecule has 0 bridgehead atoms. The minimum atomic E-state index is -0.371. The van der Waals surface area contributed by atoms with Crippen molar-refractivity contribution in [3.05, 3.63) is 0 Å². The van der Waals surface area contributed by atoms with Gasteiger partial charge in [-0.15, -0.1) is 0 Å². The number of methoxy groups -OCH3 is 1. The standard InChI is InChI=1S/C15H27N3O3/c1-21-14(20)18-10-8-17(9-11-18)13(19)15(12-16)6-4-2-3-5-7-15/h2-12,16H2,1H3. The van der Waals surface area contributed by atoms with Gasteiger partial charge in [0.25, 0.3) is 0 Å². The first-order valence-electron chi connectivity index (χ1n) is 7.95. The molecule has 1 saturated heterocycles. The summed E-state index contributed by atoms with van der Waals surface area (Å²) in [6.45, 7) is 2.67. The van der Waals surface area contributed by atoms with Crippen LogP contribution in [0.25, 0.3) is 0 Å². The van der Waals surface area contributed by atoms with Crippen molar-refractivity contribution in [2.45, 2.75) is 38.5 Å². The Morgan fingerprint density at radius 2 is 1.52 bits per heavy atom. The van der Waals surface area contributed by atoms with E-state index in [4.69, 9.17) is 10.5 Å². The highest BCUT2D eigenvalue weighted by atomic mass is 16.5. The molecule has 0 unspecified atom stereocenters. The molecule has 2 aliphatic rings. The number of hydrogen-bond donors (Lipinski definition) is 1. The van der Waals surface area contributed by atoms with Crippen molar-refractivity contribution in [3.63, 3.8) is 0 Å². The van der Waals surface area contributed by atoms with E-state index in [9.17, 15) is 9.59 Å². The summed E-state index contributed by atoms with van der Waals surface area (Å²) in [5, 5.41) is 0. The second-order valence-electron chi connectivity index (χ2n) is 6.15. The maximum Gasteiger partial charge on any atom is 0.409 e. The summed E-state index contributed by atoms with van der Waals surface area (Å²) in [7, 11) is 1.38. The lowest BCUT2D eigenvalue weighted by molar-refractivity contribution is -0.144. The Balaban J connectivity index is 1.98. The number of carbonyl (C=O) groups is 2. The Kier molecular flexibility index (Phi) is 5.45. The van der Waals surface area contributed by atoms with Gasteiger partial charge in [-0.25, -0.2) is 4.79 Å². The molecule has 2 fully saturated rings. The van der Waals surface area contributed by atoms with Crippen molar-refractivity contribution in [2.24, 2.45) is 11.1 Å². The lowest BCUT2D eigenvalue weighted by atomic mass is 9.79. The van der Waals surface area contributed by atoms with E-state index in [0.29, 0.717) is 32.7 Å². The summed E-state index contributed by atoms with van der Waals surface area (Å²) >= 11 is 0. The molecule has 2 amide bonds. The number of nitrogens with zero attached hydrogens (tertiary/aromatic N) is 2. The molecule has 6 nitrogen and oxygen atoms in total. The average Bonchev–Trinajstić information content (AvgIpc) is 2.80. The van der Waals surface area contributed by atoms with Crippen LogP contribution < -0.4 is 5.73 Å². The number of nitrogens with two attached hydrogens (primary N) is 1. The molecule has 120 valence electrons. The second-order valence-corrected chi connectivity index (χ2v) is 6.15. The highest BCUT2D eigenvalue weighted by Gasteiger charge is 2.41. The van der Waals surface area contributed by atoms with Crippen molar-refractivity contribution in [1.82, 2.24) is 9.80 Å². The van der Waals surface area contributed by atoms with Crippen LogP contribution in [0.1, 0.15) is 38.5 Å². The summed E-state index contributed by atoms with van der Waals surface area (Å²) in [5.41, 5.74) is 5.61. The van der Waals surface area contributed by atoms with Gasteiger partial charge in [-0.2, -0.15) is 0 Å². The van der Waals surface area contributed by atoms with Crippen molar-refractivity contribution >= 4 is 12.0 Å². The van der Waals surface area contributed by atoms with Gasteiger partial charge in [-0.05, 0) is 12.8 Å². The summed E-state index contributed by atoms with van der Waals surface area (Å²) in [4.78, 5) is 27.9. The SMILES string of the molecule is COC(=O)N1CCN(C(=O)C2(CN)CCCCCC2)CC1. The van der Waals surface area contributed by atoms with Crippen molar-refractivity contribution in [2.75, 3.05) is 39.8 Å². The zero-order valence-electron chi connectivity index (χ0n) is 13.0. The van der Waals surface area contributed by atoms with Gasteiger partial charge in [-0.1, -0.05) is 25.7 Å². The van der Waals surface area contributed by atoms with Crippen LogP contribution in [0.15, 0.2) is 0 Å². The summed E-state index contributed by atoms with van der Waals surface area (Å²) in [6, 6.07) is 0. The van der Waals surface area contributed by atoms with E-state index in [2.05, 4.69) is 0 Å². The van der Waals surface area contributed by atoms with Crippen LogP contribution in [0.3, 0.4) is 0 Å². The number of hydrogen-bond acceptors (Lipinski definition) is 4. The molecule has 1 aliphatic heterocycles. The van der Waals surface area contributed by atoms with Gasteiger partial charge in [0.2, 0.25) is 5.91 Å². The molecular formula is C15H27N3O3. The quantitative estimate of drug-likeness (QED) is 0.777. The first-order chi connectivity index (χ1) is 10.1. The highest BCUT2D eigenvalue weighted by Crippen LogP contribution is 2.36. The predicted molar refractivity (Wildman–Crippen MR) is 79.7 cm³/mol. The Hall–Kier alpha value is -1.30. The topological polar surface area (TPSA) is 75.9 Å². The fourth-order valence-corrected chi connectivity index (χ4v) is 3.47. The van der Waals surface area contributed by atoms with Crippen molar-refractivity contribution in [3.8, 4) is 0 Å². The van der Waals surface area contributed by atoms with E-state index in [1.165, 1.54) is 20.0 Å². The first-order valence-corrected chi connectivity index (χ1v) is 7.95. The van der Waals surface area contributed by atoms with Gasteiger partial charge in [-0.3, -0.25) is 4.79 Å². The average molecular weight is 297 g/mol. The second kappa shape index (κ2) is 7.11. The lowest BCUT2D eigenvalue weighted by Gasteiger charge is -2.40. The van der Waals surface area contributed by atoms with Crippen LogP contribution >= 0.6 is 0 Å². The Bertz CT molecular complexity index is 370. The predicted octanol–water partition coefficient (Wildman–Crippen LogP) is 1.20. The Labute approximate surface area is 126 Å². The molecule has 1 saturated carbocycles. The van der Waals surface area contributed by atoms with Crippen molar-refractivity contribution < 1.29 is 14.3 Å². The van der Waals surface area contributed by atoms with Crippen LogP contribution in [0, 0.1) is 5.41 Å². The molecule has 2 rings (SSSR count). The van der Waals surface area contributed by atoms with Crippen molar-refractivity contribution in [1.29, 1.82) is 0 Å². The number of amides is 2. The molecule has 0 radical (unpaired) electrons. The summed E-state index contributed by atoms with van der Waals surface area (Å²) in [6.07, 6.45) is 6.07. The van der Waals surface area contributed by atoms with E-state index in [1.807, 2.05) is 4.90 Å². The van der Waals surface area contributed by atoms with E-state index in [1.54, 1.807) is 4.90 Å². The molecule has 6 heteroatoms. The number of ether oxygens (including phenoxy) is 1. The largest absolute Gasteiger partial charge is 0.453 e. The van der Waals surface area contributed by atoms with Crippen LogP contribution in [0.5, 0.6) is 0 Å². The van der Waals surface area contributed by atoms with Gasteiger partial charge in [0.15, 0.2) is 0 Å². The zero-order valence-corrected chi connectivity index (χ0v) is 13.0. The third-order valence-electron chi connectivity index (χ3n) is 4.90. The van der Waals surface area contributed by atoms with E-state index >= 15 is 0 Å². The van der Waals surface area contributed by atoms with Gasteiger partial charge >= 0.3 is 6.09 Å². The molecule has 0 atom stereocenters. The fraction of sp³-hybridized carbons (Fsp3) is 0.867. The van der Waals surface area contributed by atoms with Crippen LogP contribution in [-0.4, -0.2) is 61.6 Å². The van der Waals surface area contributed by atoms with Gasteiger partial charge in [0.05, 0.1) is 12.5 Å². The maximum atomic E-state index is 12.9. The fourth-order valence-electron chi connectivity index (χ4n) is 3.47. The summed E-state index contributed by atoms with van der Waals surface area (Å²) < 4.78 is 4.72. The van der Waals surface area contributed by atoms with E-state index in [-0.39, 0.29) is 17.4 Å². The Morgan fingerprint density at radius 1 is 1.00 bits per heavy atom. The van der Waals surface area contributed by atoms with Crippen LogP contribution in [-0.2, 0) is 9.53 Å². The third-order valence-corrected chi connectivity index (χ3v) is 4.90. The van der Waals surface area contributed by atoms with Crippen LogP contribution in [0.4, 0.5) is 4.79 Å². The molecule has 1 aliphatic carbocycles. The van der Waals surface area contributed by atoms with E-state index in [0.717, 1.165) is 25.7 Å². The lowest BCUT2D eigenvalue weighted by Crippen LogP contribution is -2.55. The molecule has 21 heavy (non-hydrogen) atoms. The normalized spacial score (nSPS) is 22.6. The number of piperazine rings is 1. The smallest absolute Gasteiger partial charge is 0.409 e. The van der Waals surface area contributed by atoms with Crippen LogP contribution in [0.2, 0.25) is 0 Å². The first kappa shape index (κ1) is 16.1. The highest BCUT2D eigenvalue weighted by molar-refractivity contribution is 5.83. The maximum absolute atomic E-state index is 12.9. The molecular weight excluding hydrogens is 270 g/mol. The van der Waals surface area contributed by atoms with Gasteiger partial charge in [0, 0.05) is 32.7 Å².